The van der Waals surface area contributed by atoms with E-state index in [2.05, 4.69) is 49.9 Å². The third-order valence-electron chi connectivity index (χ3n) is 7.26. The Kier molecular flexibility index (Phi) is 7.96. The number of benzene rings is 1. The van der Waals surface area contributed by atoms with Crippen LogP contribution in [-0.4, -0.2) is 0 Å². The van der Waals surface area contributed by atoms with Gasteiger partial charge in [0.2, 0.25) is 0 Å². The smallest absolute Gasteiger partial charge is 0.0908 e. The molecule has 0 atom stereocenters. The number of allylic oxidation sites excluding steroid dienone is 3. The monoisotopic (exact) mass is 375 g/mol. The molecule has 0 aliphatic heterocycles. The highest BCUT2D eigenvalue weighted by Gasteiger charge is 2.29. The minimum absolute atomic E-state index is 0.611. The maximum absolute atomic E-state index is 8.71. The molecule has 150 valence electrons. The summed E-state index contributed by atoms with van der Waals surface area (Å²) in [5, 5.41) is 8.71. The van der Waals surface area contributed by atoms with Crippen LogP contribution < -0.4 is 0 Å². The molecule has 0 heterocycles. The Hall–Kier alpha value is -1.81. The van der Waals surface area contributed by atoms with Crippen LogP contribution in [0.1, 0.15) is 88.2 Å². The highest BCUT2D eigenvalue weighted by atomic mass is 14.3. The molecule has 0 bridgehead atoms. The van der Waals surface area contributed by atoms with Crippen LogP contribution in [0.15, 0.2) is 48.6 Å². The maximum atomic E-state index is 8.71. The zero-order valence-corrected chi connectivity index (χ0v) is 17.7. The molecule has 2 aliphatic rings. The SMILES string of the molecule is C=C(C1CCC(C=CC#N)CC1)C1CCC(c2ccc(CCCC)cc2)CC1. The molecule has 3 rings (SSSR count). The molecule has 1 heteroatoms. The lowest BCUT2D eigenvalue weighted by Crippen LogP contribution is -2.22. The molecule has 0 spiro atoms. The van der Waals surface area contributed by atoms with Crippen molar-refractivity contribution in [2.45, 2.75) is 83.5 Å². The molecule has 1 aromatic rings. The van der Waals surface area contributed by atoms with Gasteiger partial charge in [-0.25, -0.2) is 0 Å². The van der Waals surface area contributed by atoms with E-state index >= 15 is 0 Å². The van der Waals surface area contributed by atoms with E-state index in [1.165, 1.54) is 81.8 Å². The number of aryl methyl sites for hydroxylation is 1. The van der Waals surface area contributed by atoms with Gasteiger partial charge < -0.3 is 0 Å². The van der Waals surface area contributed by atoms with Crippen LogP contribution in [0.25, 0.3) is 0 Å². The molecule has 0 aromatic heterocycles. The Balaban J connectivity index is 1.45. The van der Waals surface area contributed by atoms with Crippen LogP contribution in [0.5, 0.6) is 0 Å². The van der Waals surface area contributed by atoms with Gasteiger partial charge in [-0.15, -0.1) is 0 Å². The van der Waals surface area contributed by atoms with Crippen LogP contribution in [0, 0.1) is 29.1 Å². The molecule has 1 nitrogen and oxygen atoms in total. The first-order valence-corrected chi connectivity index (χ1v) is 11.5. The van der Waals surface area contributed by atoms with E-state index < -0.39 is 0 Å². The van der Waals surface area contributed by atoms with E-state index in [0.29, 0.717) is 11.8 Å². The maximum Gasteiger partial charge on any atom is 0.0908 e. The summed E-state index contributed by atoms with van der Waals surface area (Å²) in [5.41, 5.74) is 4.58. The standard InChI is InChI=1S/C27H37N/c1-3-4-6-22-10-14-26(15-11-22)27-18-16-25(17-19-27)21(2)24-12-8-23(9-13-24)7-5-20-28/h5,7,10-11,14-15,23-25,27H,2-4,6,8-9,12-13,16-19H2,1H3. The molecule has 2 aliphatic carbocycles. The molecule has 0 N–H and O–H groups in total. The Morgan fingerprint density at radius 1 is 1.00 bits per heavy atom. The summed E-state index contributed by atoms with van der Waals surface area (Å²) in [6.45, 7) is 6.82. The third kappa shape index (κ3) is 5.60. The van der Waals surface area contributed by atoms with Gasteiger partial charge in [0, 0.05) is 6.08 Å². The average molecular weight is 376 g/mol. The van der Waals surface area contributed by atoms with Crippen LogP contribution in [0.3, 0.4) is 0 Å². The largest absolute Gasteiger partial charge is 0.193 e. The lowest BCUT2D eigenvalue weighted by molar-refractivity contribution is 0.290. The summed E-state index contributed by atoms with van der Waals surface area (Å²) in [6, 6.07) is 11.6. The van der Waals surface area contributed by atoms with E-state index in [9.17, 15) is 0 Å². The normalized spacial score (nSPS) is 28.1. The Morgan fingerprint density at radius 3 is 2.18 bits per heavy atom. The van der Waals surface area contributed by atoms with Crippen molar-refractivity contribution in [3.05, 3.63) is 59.7 Å². The first kappa shape index (κ1) is 20.9. The first-order chi connectivity index (χ1) is 13.7. The van der Waals surface area contributed by atoms with Gasteiger partial charge >= 0.3 is 0 Å². The predicted molar refractivity (Wildman–Crippen MR) is 119 cm³/mol. The summed E-state index contributed by atoms with van der Waals surface area (Å²) >= 11 is 0. The number of hydrogen-bond acceptors (Lipinski definition) is 1. The van der Waals surface area contributed by atoms with Crippen molar-refractivity contribution in [3.8, 4) is 6.07 Å². The molecule has 28 heavy (non-hydrogen) atoms. The number of rotatable bonds is 7. The molecule has 0 radical (unpaired) electrons. The van der Waals surface area contributed by atoms with E-state index in [1.807, 2.05) is 0 Å². The lowest BCUT2D eigenvalue weighted by Gasteiger charge is -2.36. The number of hydrogen-bond donors (Lipinski definition) is 0. The fraction of sp³-hybridized carbons (Fsp3) is 0.593. The fourth-order valence-electron chi connectivity index (χ4n) is 5.33. The second kappa shape index (κ2) is 10.7. The molecule has 0 unspecified atom stereocenters. The Labute approximate surface area is 172 Å². The van der Waals surface area contributed by atoms with Gasteiger partial charge in [-0.2, -0.15) is 5.26 Å². The lowest BCUT2D eigenvalue weighted by atomic mass is 9.70. The number of unbranched alkanes of at least 4 members (excludes halogenated alkanes) is 1. The van der Waals surface area contributed by atoms with Crippen molar-refractivity contribution in [1.29, 1.82) is 5.26 Å². The average Bonchev–Trinajstić information content (AvgIpc) is 2.76. The molecule has 0 saturated heterocycles. The summed E-state index contributed by atoms with van der Waals surface area (Å²) in [6.07, 6.45) is 17.8. The summed E-state index contributed by atoms with van der Waals surface area (Å²) in [5.74, 6) is 2.80. The summed E-state index contributed by atoms with van der Waals surface area (Å²) < 4.78 is 0. The number of nitriles is 1. The quantitative estimate of drug-likeness (QED) is 0.353. The van der Waals surface area contributed by atoms with E-state index in [-0.39, 0.29) is 0 Å². The topological polar surface area (TPSA) is 23.8 Å². The van der Waals surface area contributed by atoms with E-state index in [1.54, 1.807) is 11.6 Å². The van der Waals surface area contributed by atoms with Gasteiger partial charge in [0.25, 0.3) is 0 Å². The van der Waals surface area contributed by atoms with Gasteiger partial charge in [-0.3, -0.25) is 0 Å². The molecule has 2 fully saturated rings. The molecule has 1 aromatic carbocycles. The van der Waals surface area contributed by atoms with Gasteiger partial charge in [0.1, 0.15) is 0 Å². The van der Waals surface area contributed by atoms with Crippen molar-refractivity contribution in [2.75, 3.05) is 0 Å². The fourth-order valence-corrected chi connectivity index (χ4v) is 5.33. The summed E-state index contributed by atoms with van der Waals surface area (Å²) in [7, 11) is 0. The third-order valence-corrected chi connectivity index (χ3v) is 7.26. The highest BCUT2D eigenvalue weighted by molar-refractivity contribution is 5.26. The second-order valence-electron chi connectivity index (χ2n) is 9.07. The molecule has 2 saturated carbocycles. The first-order valence-electron chi connectivity index (χ1n) is 11.5. The summed E-state index contributed by atoms with van der Waals surface area (Å²) in [4.78, 5) is 0. The predicted octanol–water partition coefficient (Wildman–Crippen LogP) is 7.75. The Morgan fingerprint density at radius 2 is 1.61 bits per heavy atom. The minimum atomic E-state index is 0.611. The van der Waals surface area contributed by atoms with Crippen LogP contribution in [0.4, 0.5) is 0 Å². The van der Waals surface area contributed by atoms with Crippen molar-refractivity contribution in [3.63, 3.8) is 0 Å². The minimum Gasteiger partial charge on any atom is -0.193 e. The molecular weight excluding hydrogens is 338 g/mol. The molecular formula is C27H37N. The van der Waals surface area contributed by atoms with E-state index in [4.69, 9.17) is 5.26 Å². The van der Waals surface area contributed by atoms with Gasteiger partial charge in [0.15, 0.2) is 0 Å². The van der Waals surface area contributed by atoms with Crippen molar-refractivity contribution in [1.82, 2.24) is 0 Å². The van der Waals surface area contributed by atoms with Gasteiger partial charge in [-0.1, -0.05) is 55.8 Å². The zero-order chi connectivity index (χ0) is 19.8. The van der Waals surface area contributed by atoms with Crippen molar-refractivity contribution >= 4 is 0 Å². The van der Waals surface area contributed by atoms with Crippen LogP contribution >= 0.6 is 0 Å². The van der Waals surface area contributed by atoms with Gasteiger partial charge in [-0.05, 0) is 99.0 Å². The zero-order valence-electron chi connectivity index (χ0n) is 17.7. The second-order valence-corrected chi connectivity index (χ2v) is 9.07. The molecule has 0 amide bonds. The number of nitrogens with zero attached hydrogens (tertiary/aromatic N) is 1. The Bertz CT molecular complexity index is 674. The van der Waals surface area contributed by atoms with Gasteiger partial charge in [0.05, 0.1) is 6.07 Å². The highest BCUT2D eigenvalue weighted by Crippen LogP contribution is 2.43. The van der Waals surface area contributed by atoms with Crippen molar-refractivity contribution in [2.24, 2.45) is 17.8 Å². The van der Waals surface area contributed by atoms with Crippen molar-refractivity contribution < 1.29 is 0 Å². The van der Waals surface area contributed by atoms with E-state index in [0.717, 1.165) is 11.8 Å². The van der Waals surface area contributed by atoms with Crippen LogP contribution in [0.2, 0.25) is 0 Å². The van der Waals surface area contributed by atoms with Crippen LogP contribution in [-0.2, 0) is 6.42 Å².